The fourth-order valence-corrected chi connectivity index (χ4v) is 3.88. The number of carboxylic acid groups (broad SMARTS) is 1. The largest absolute Gasteiger partial charge is 0.478 e. The van der Waals surface area contributed by atoms with Crippen molar-refractivity contribution in [1.29, 1.82) is 0 Å². The quantitative estimate of drug-likeness (QED) is 0.372. The highest BCUT2D eigenvalue weighted by molar-refractivity contribution is 8.25. The van der Waals surface area contributed by atoms with Gasteiger partial charge in [-0.25, -0.2) is 4.79 Å². The van der Waals surface area contributed by atoms with Gasteiger partial charge >= 0.3 is 5.97 Å². The Bertz CT molecular complexity index is 408. The second kappa shape index (κ2) is 5.97. The Kier molecular flexibility index (Phi) is 5.10. The van der Waals surface area contributed by atoms with E-state index >= 15 is 0 Å². The van der Waals surface area contributed by atoms with E-state index in [2.05, 4.69) is 6.58 Å². The van der Waals surface area contributed by atoms with Crippen molar-refractivity contribution in [3.05, 3.63) is 22.0 Å². The molecule has 0 atom stereocenters. The first-order valence-corrected chi connectivity index (χ1v) is 7.65. The molecule has 0 bridgehead atoms. The summed E-state index contributed by atoms with van der Waals surface area (Å²) >= 11 is 2.91. The number of allylic oxidation sites excluding steroid dienone is 1. The van der Waals surface area contributed by atoms with Crippen LogP contribution in [0.2, 0.25) is 0 Å². The Morgan fingerprint density at radius 2 is 1.78 bits per heavy atom. The molecule has 0 aliphatic carbocycles. The number of carbonyl (C=O) groups is 2. The molecular weight excluding hydrogens is 268 g/mol. The number of ketones is 1. The van der Waals surface area contributed by atoms with Crippen LogP contribution in [-0.2, 0) is 9.59 Å². The molecule has 0 saturated carbocycles. The Hall–Kier alpha value is -0.680. The number of rotatable bonds is 4. The number of carbonyl (C=O) groups excluding carboxylic acids is 1. The molecule has 1 rings (SSSR count). The smallest absolute Gasteiger partial charge is 0.341 e. The molecule has 0 aromatic rings. The van der Waals surface area contributed by atoms with E-state index in [-0.39, 0.29) is 23.2 Å². The van der Waals surface area contributed by atoms with Gasteiger partial charge in [-0.15, -0.1) is 23.5 Å². The highest BCUT2D eigenvalue weighted by Gasteiger charge is 2.28. The highest BCUT2D eigenvalue weighted by Crippen LogP contribution is 2.39. The zero-order valence-electron chi connectivity index (χ0n) is 10.9. The summed E-state index contributed by atoms with van der Waals surface area (Å²) in [4.78, 5) is 23.3. The average molecular weight is 286 g/mol. The van der Waals surface area contributed by atoms with Crippen LogP contribution in [0.4, 0.5) is 0 Å². The normalized spacial score (nSPS) is 15.6. The van der Waals surface area contributed by atoms with E-state index in [0.29, 0.717) is 4.24 Å². The standard InChI is InChI=1S/C13H18O3S2/c1-8(13(2,3)4)7-9(14)10(11(15)16)12-17-5-6-18-12/h1,5-7H2,2-4H3,(H,15,16). The van der Waals surface area contributed by atoms with Gasteiger partial charge in [0.15, 0.2) is 5.78 Å². The zero-order valence-corrected chi connectivity index (χ0v) is 12.5. The average Bonchev–Trinajstić information content (AvgIpc) is 2.68. The van der Waals surface area contributed by atoms with E-state index in [4.69, 9.17) is 0 Å². The van der Waals surface area contributed by atoms with E-state index in [1.165, 1.54) is 23.5 Å². The Morgan fingerprint density at radius 1 is 1.28 bits per heavy atom. The third-order valence-electron chi connectivity index (χ3n) is 2.68. The van der Waals surface area contributed by atoms with Crippen molar-refractivity contribution in [1.82, 2.24) is 0 Å². The molecule has 0 aromatic carbocycles. The van der Waals surface area contributed by atoms with Crippen LogP contribution >= 0.6 is 23.5 Å². The van der Waals surface area contributed by atoms with Crippen LogP contribution in [0, 0.1) is 5.41 Å². The summed E-state index contributed by atoms with van der Waals surface area (Å²) in [5, 5.41) is 9.18. The molecule has 1 N–H and O–H groups in total. The van der Waals surface area contributed by atoms with Crippen LogP contribution < -0.4 is 0 Å². The number of Topliss-reactive ketones (excluding diaryl/α,β-unsaturated/α-hetero) is 1. The molecule has 1 fully saturated rings. The van der Waals surface area contributed by atoms with Gasteiger partial charge in [0.05, 0.1) is 4.24 Å². The predicted octanol–water partition coefficient (Wildman–Crippen LogP) is 3.32. The lowest BCUT2D eigenvalue weighted by Gasteiger charge is -2.21. The van der Waals surface area contributed by atoms with Crippen LogP contribution in [0.25, 0.3) is 0 Å². The first-order chi connectivity index (χ1) is 8.23. The molecule has 3 nitrogen and oxygen atoms in total. The van der Waals surface area contributed by atoms with Crippen molar-refractivity contribution < 1.29 is 14.7 Å². The van der Waals surface area contributed by atoms with Gasteiger partial charge in [0.1, 0.15) is 5.57 Å². The van der Waals surface area contributed by atoms with Gasteiger partial charge < -0.3 is 5.11 Å². The summed E-state index contributed by atoms with van der Waals surface area (Å²) in [6, 6.07) is 0. The van der Waals surface area contributed by atoms with Gasteiger partial charge in [-0.3, -0.25) is 4.79 Å². The minimum absolute atomic E-state index is 0.0621. The van der Waals surface area contributed by atoms with Gasteiger partial charge in [0.25, 0.3) is 0 Å². The summed E-state index contributed by atoms with van der Waals surface area (Å²) < 4.78 is 0.647. The molecule has 0 spiro atoms. The summed E-state index contributed by atoms with van der Waals surface area (Å²) in [5.41, 5.74) is 0.521. The molecule has 1 aliphatic heterocycles. The van der Waals surface area contributed by atoms with Crippen LogP contribution in [0.5, 0.6) is 0 Å². The number of thioether (sulfide) groups is 2. The number of hydrogen-bond donors (Lipinski definition) is 1. The van der Waals surface area contributed by atoms with E-state index in [1.807, 2.05) is 20.8 Å². The summed E-state index contributed by atoms with van der Waals surface area (Å²) in [6.07, 6.45) is 0.107. The number of carboxylic acids is 1. The van der Waals surface area contributed by atoms with E-state index in [0.717, 1.165) is 17.1 Å². The zero-order chi connectivity index (χ0) is 13.9. The Labute approximate surface area is 116 Å². The van der Waals surface area contributed by atoms with Crippen LogP contribution in [0.1, 0.15) is 27.2 Å². The molecule has 1 aliphatic rings. The minimum atomic E-state index is -1.13. The third-order valence-corrected chi connectivity index (χ3v) is 5.40. The van der Waals surface area contributed by atoms with Gasteiger partial charge in [0.2, 0.25) is 0 Å². The fraction of sp³-hybridized carbons (Fsp3) is 0.538. The minimum Gasteiger partial charge on any atom is -0.478 e. The monoisotopic (exact) mass is 286 g/mol. The molecule has 1 heterocycles. The van der Waals surface area contributed by atoms with Gasteiger partial charge in [-0.2, -0.15) is 0 Å². The van der Waals surface area contributed by atoms with E-state index in [1.54, 1.807) is 0 Å². The molecule has 0 unspecified atom stereocenters. The molecule has 0 radical (unpaired) electrons. The summed E-state index contributed by atoms with van der Waals surface area (Å²) in [5.74, 6) is 0.270. The van der Waals surface area contributed by atoms with Crippen LogP contribution in [-0.4, -0.2) is 28.4 Å². The van der Waals surface area contributed by atoms with Crippen LogP contribution in [0.15, 0.2) is 22.0 Å². The van der Waals surface area contributed by atoms with Crippen molar-refractivity contribution in [2.45, 2.75) is 27.2 Å². The van der Waals surface area contributed by atoms with Crippen molar-refractivity contribution in [2.75, 3.05) is 11.5 Å². The topological polar surface area (TPSA) is 54.4 Å². The second-order valence-corrected chi connectivity index (χ2v) is 7.59. The second-order valence-electron chi connectivity index (χ2n) is 5.12. The molecule has 18 heavy (non-hydrogen) atoms. The molecule has 100 valence electrons. The fourth-order valence-electron chi connectivity index (χ4n) is 1.32. The first-order valence-electron chi connectivity index (χ1n) is 5.68. The summed E-state index contributed by atoms with van der Waals surface area (Å²) in [6.45, 7) is 9.79. The number of aliphatic carboxylic acids is 1. The third kappa shape index (κ3) is 3.92. The van der Waals surface area contributed by atoms with Crippen molar-refractivity contribution >= 4 is 35.3 Å². The van der Waals surface area contributed by atoms with E-state index < -0.39 is 5.97 Å². The molecule has 0 amide bonds. The summed E-state index contributed by atoms with van der Waals surface area (Å²) in [7, 11) is 0. The maximum atomic E-state index is 12.1. The molecule has 0 aromatic heterocycles. The maximum Gasteiger partial charge on any atom is 0.341 e. The Balaban J connectivity index is 2.90. The lowest BCUT2D eigenvalue weighted by molar-refractivity contribution is -0.134. The van der Waals surface area contributed by atoms with Gasteiger partial charge in [0, 0.05) is 17.9 Å². The van der Waals surface area contributed by atoms with E-state index in [9.17, 15) is 14.7 Å². The van der Waals surface area contributed by atoms with Gasteiger partial charge in [-0.05, 0) is 5.41 Å². The molecule has 1 saturated heterocycles. The molecule has 5 heteroatoms. The van der Waals surface area contributed by atoms with Crippen molar-refractivity contribution in [3.8, 4) is 0 Å². The predicted molar refractivity (Wildman–Crippen MR) is 77.8 cm³/mol. The van der Waals surface area contributed by atoms with Crippen molar-refractivity contribution in [2.24, 2.45) is 5.41 Å². The van der Waals surface area contributed by atoms with Gasteiger partial charge in [-0.1, -0.05) is 32.9 Å². The van der Waals surface area contributed by atoms with Crippen molar-refractivity contribution in [3.63, 3.8) is 0 Å². The maximum absolute atomic E-state index is 12.1. The number of hydrogen-bond acceptors (Lipinski definition) is 4. The first kappa shape index (κ1) is 15.4. The lowest BCUT2D eigenvalue weighted by atomic mass is 9.84. The highest BCUT2D eigenvalue weighted by atomic mass is 32.2. The van der Waals surface area contributed by atoms with Crippen LogP contribution in [0.3, 0.4) is 0 Å². The SMILES string of the molecule is C=C(CC(=O)C(C(=O)O)=C1SCCS1)C(C)(C)C. The molecular formula is C13H18O3S2. The lowest BCUT2D eigenvalue weighted by Crippen LogP contribution is -2.18. The Morgan fingerprint density at radius 3 is 2.17 bits per heavy atom.